The quantitative estimate of drug-likeness (QED) is 0.653. The van der Waals surface area contributed by atoms with Gasteiger partial charge in [0.05, 0.1) is 31.5 Å². The lowest BCUT2D eigenvalue weighted by molar-refractivity contribution is -0.145. The molecule has 1 saturated carbocycles. The van der Waals surface area contributed by atoms with E-state index in [1.54, 1.807) is 0 Å². The number of esters is 1. The molecule has 0 aromatic carbocycles. The molecular weight excluding hydrogens is 300 g/mol. The molecule has 21 heavy (non-hydrogen) atoms. The summed E-state index contributed by atoms with van der Waals surface area (Å²) in [4.78, 5) is 23.2. The Morgan fingerprint density at radius 1 is 1.33 bits per heavy atom. The molecule has 0 spiro atoms. The van der Waals surface area contributed by atoms with Gasteiger partial charge in [0, 0.05) is 6.54 Å². The number of hydrogen-bond acceptors (Lipinski definition) is 6. The Labute approximate surface area is 123 Å². The number of primary amides is 1. The fraction of sp³-hybridized carbons (Fsp3) is 0.833. The van der Waals surface area contributed by atoms with Crippen molar-refractivity contribution in [2.75, 3.05) is 26.9 Å². The molecule has 1 amide bonds. The van der Waals surface area contributed by atoms with Crippen LogP contribution < -0.4 is 5.73 Å². The highest BCUT2D eigenvalue weighted by atomic mass is 32.2. The van der Waals surface area contributed by atoms with Gasteiger partial charge in [-0.15, -0.1) is 0 Å². The van der Waals surface area contributed by atoms with Crippen molar-refractivity contribution in [1.29, 1.82) is 0 Å². The summed E-state index contributed by atoms with van der Waals surface area (Å²) in [6.45, 7) is 0.225. The second-order valence-electron chi connectivity index (χ2n) is 5.25. The molecule has 0 bridgehead atoms. The van der Waals surface area contributed by atoms with Gasteiger partial charge in [0.1, 0.15) is 6.04 Å². The first-order valence-corrected chi connectivity index (χ1v) is 8.35. The number of nitrogens with zero attached hydrogens (tertiary/aromatic N) is 1. The average Bonchev–Trinajstić information content (AvgIpc) is 2.96. The summed E-state index contributed by atoms with van der Waals surface area (Å²) < 4.78 is 36.5. The molecule has 0 aromatic rings. The van der Waals surface area contributed by atoms with Crippen molar-refractivity contribution in [2.24, 2.45) is 11.7 Å². The van der Waals surface area contributed by atoms with Crippen molar-refractivity contribution in [3.63, 3.8) is 0 Å². The molecule has 3 unspecified atom stereocenters. The summed E-state index contributed by atoms with van der Waals surface area (Å²) >= 11 is 0. The molecule has 2 rings (SSSR count). The number of rotatable bonds is 4. The minimum absolute atomic E-state index is 0.0514. The Morgan fingerprint density at radius 2 is 2.05 bits per heavy atom. The molecule has 9 heteroatoms. The van der Waals surface area contributed by atoms with Gasteiger partial charge in [0.2, 0.25) is 15.9 Å². The summed E-state index contributed by atoms with van der Waals surface area (Å²) in [5.74, 6) is -1.95. The summed E-state index contributed by atoms with van der Waals surface area (Å²) in [5, 5.41) is -0.857. The molecule has 2 fully saturated rings. The van der Waals surface area contributed by atoms with Crippen LogP contribution in [-0.2, 0) is 29.1 Å². The molecule has 1 aliphatic heterocycles. The van der Waals surface area contributed by atoms with Gasteiger partial charge in [-0.3, -0.25) is 9.59 Å². The van der Waals surface area contributed by atoms with Crippen LogP contribution in [0.2, 0.25) is 0 Å². The second-order valence-corrected chi connectivity index (χ2v) is 7.35. The second kappa shape index (κ2) is 6.29. The number of amides is 1. The highest BCUT2D eigenvalue weighted by Gasteiger charge is 2.48. The van der Waals surface area contributed by atoms with Gasteiger partial charge in [-0.2, -0.15) is 4.31 Å². The van der Waals surface area contributed by atoms with Gasteiger partial charge in [0.15, 0.2) is 0 Å². The van der Waals surface area contributed by atoms with Crippen molar-refractivity contribution in [2.45, 2.75) is 30.6 Å². The lowest BCUT2D eigenvalue weighted by Crippen LogP contribution is -2.57. The smallest absolute Gasteiger partial charge is 0.310 e. The molecule has 1 saturated heterocycles. The van der Waals surface area contributed by atoms with Crippen molar-refractivity contribution >= 4 is 21.9 Å². The normalized spacial score (nSPS) is 31.0. The van der Waals surface area contributed by atoms with E-state index in [2.05, 4.69) is 4.74 Å². The molecule has 1 aliphatic carbocycles. The van der Waals surface area contributed by atoms with E-state index in [1.807, 2.05) is 0 Å². The maximum Gasteiger partial charge on any atom is 0.310 e. The Bertz CT molecular complexity index is 520. The van der Waals surface area contributed by atoms with E-state index in [9.17, 15) is 18.0 Å². The van der Waals surface area contributed by atoms with Gasteiger partial charge < -0.3 is 15.2 Å². The predicted octanol–water partition coefficient (Wildman–Crippen LogP) is -1.16. The third-order valence-corrected chi connectivity index (χ3v) is 6.49. The van der Waals surface area contributed by atoms with E-state index in [1.165, 1.54) is 7.11 Å². The highest BCUT2D eigenvalue weighted by Crippen LogP contribution is 2.34. The molecule has 0 aromatic heterocycles. The third-order valence-electron chi connectivity index (χ3n) is 4.07. The number of sulfonamides is 1. The lowest BCUT2D eigenvalue weighted by atomic mass is 10.1. The Morgan fingerprint density at radius 3 is 2.67 bits per heavy atom. The molecular formula is C12H20N2O6S. The number of ether oxygens (including phenoxy) is 2. The standard InChI is InChI=1S/C12H20N2O6S/c1-19-12(16)8-3-2-4-10(8)21(17,18)14-5-6-20-7-9(14)11(13)15/h8-10H,2-7H2,1H3,(H2,13,15). The lowest BCUT2D eigenvalue weighted by Gasteiger charge is -2.35. The fourth-order valence-corrected chi connectivity index (χ4v) is 5.32. The van der Waals surface area contributed by atoms with E-state index in [0.29, 0.717) is 19.3 Å². The SMILES string of the molecule is COC(=O)C1CCCC1S(=O)(=O)N1CCOCC1C(N)=O. The van der Waals surface area contributed by atoms with Crippen LogP contribution in [0, 0.1) is 5.92 Å². The van der Waals surface area contributed by atoms with Crippen LogP contribution in [0.15, 0.2) is 0 Å². The first-order valence-electron chi connectivity index (χ1n) is 6.85. The molecule has 2 N–H and O–H groups in total. The van der Waals surface area contributed by atoms with E-state index in [0.717, 1.165) is 4.31 Å². The summed E-state index contributed by atoms with van der Waals surface area (Å²) in [5.41, 5.74) is 5.26. The molecule has 120 valence electrons. The number of hydrogen-bond donors (Lipinski definition) is 1. The first kappa shape index (κ1) is 16.2. The minimum Gasteiger partial charge on any atom is -0.469 e. The maximum atomic E-state index is 12.8. The van der Waals surface area contributed by atoms with E-state index < -0.39 is 39.1 Å². The Balaban J connectivity index is 2.27. The molecule has 3 atom stereocenters. The number of carbonyl (C=O) groups excluding carboxylic acids is 2. The van der Waals surface area contributed by atoms with Crippen LogP contribution in [0.4, 0.5) is 0 Å². The number of carbonyl (C=O) groups is 2. The molecule has 1 heterocycles. The largest absolute Gasteiger partial charge is 0.469 e. The van der Waals surface area contributed by atoms with Gasteiger partial charge in [-0.05, 0) is 12.8 Å². The van der Waals surface area contributed by atoms with Crippen LogP contribution in [0.5, 0.6) is 0 Å². The monoisotopic (exact) mass is 320 g/mol. The van der Waals surface area contributed by atoms with Crippen LogP contribution in [-0.4, -0.2) is 62.8 Å². The Kier molecular flexibility index (Phi) is 4.84. The zero-order valence-electron chi connectivity index (χ0n) is 11.9. The topological polar surface area (TPSA) is 116 Å². The van der Waals surface area contributed by atoms with Crippen LogP contribution in [0.25, 0.3) is 0 Å². The molecule has 2 aliphatic rings. The van der Waals surface area contributed by atoms with Gasteiger partial charge in [0.25, 0.3) is 0 Å². The molecule has 0 radical (unpaired) electrons. The zero-order chi connectivity index (χ0) is 15.6. The zero-order valence-corrected chi connectivity index (χ0v) is 12.7. The highest BCUT2D eigenvalue weighted by molar-refractivity contribution is 7.89. The van der Waals surface area contributed by atoms with Crippen LogP contribution >= 0.6 is 0 Å². The first-order chi connectivity index (χ1) is 9.89. The van der Waals surface area contributed by atoms with E-state index in [-0.39, 0.29) is 19.8 Å². The summed E-state index contributed by atoms with van der Waals surface area (Å²) in [6, 6.07) is -1.01. The average molecular weight is 320 g/mol. The van der Waals surface area contributed by atoms with Gasteiger partial charge in [-0.25, -0.2) is 8.42 Å². The minimum atomic E-state index is -3.81. The van der Waals surface area contributed by atoms with Crippen LogP contribution in [0.1, 0.15) is 19.3 Å². The summed E-state index contributed by atoms with van der Waals surface area (Å²) in [7, 11) is -2.57. The number of methoxy groups -OCH3 is 1. The fourth-order valence-electron chi connectivity index (χ4n) is 2.99. The van der Waals surface area contributed by atoms with Crippen molar-refractivity contribution < 1.29 is 27.5 Å². The van der Waals surface area contributed by atoms with Crippen molar-refractivity contribution in [1.82, 2.24) is 4.31 Å². The third kappa shape index (κ3) is 3.04. The maximum absolute atomic E-state index is 12.8. The number of nitrogens with two attached hydrogens (primary N) is 1. The van der Waals surface area contributed by atoms with Gasteiger partial charge in [-0.1, -0.05) is 6.42 Å². The Hall–Kier alpha value is -1.19. The van der Waals surface area contributed by atoms with Crippen molar-refractivity contribution in [3.05, 3.63) is 0 Å². The molecule has 8 nitrogen and oxygen atoms in total. The predicted molar refractivity (Wildman–Crippen MR) is 72.6 cm³/mol. The number of morpholine rings is 1. The summed E-state index contributed by atoms with van der Waals surface area (Å²) in [6.07, 6.45) is 1.49. The van der Waals surface area contributed by atoms with Crippen LogP contribution in [0.3, 0.4) is 0 Å². The van der Waals surface area contributed by atoms with Gasteiger partial charge >= 0.3 is 5.97 Å². The van der Waals surface area contributed by atoms with Crippen molar-refractivity contribution in [3.8, 4) is 0 Å². The van der Waals surface area contributed by atoms with E-state index >= 15 is 0 Å². The van der Waals surface area contributed by atoms with E-state index in [4.69, 9.17) is 10.5 Å².